The fraction of sp³-hybridized carbons (Fsp3) is 0.429. The van der Waals surface area contributed by atoms with Gasteiger partial charge in [-0.1, -0.05) is 0 Å². The van der Waals surface area contributed by atoms with E-state index in [1.165, 1.54) is 0 Å². The van der Waals surface area contributed by atoms with Gasteiger partial charge in [0, 0.05) is 6.54 Å². The third kappa shape index (κ3) is 1.71. The highest BCUT2D eigenvalue weighted by Crippen LogP contribution is 2.29. The maximum Gasteiger partial charge on any atom is 0.203 e. The molecule has 0 radical (unpaired) electrons. The van der Waals surface area contributed by atoms with Gasteiger partial charge < -0.3 is 10.2 Å². The molecule has 6 heteroatoms. The van der Waals surface area contributed by atoms with Crippen molar-refractivity contribution >= 4 is 17.1 Å². The number of aromatic nitrogens is 4. The van der Waals surface area contributed by atoms with Gasteiger partial charge in [-0.3, -0.25) is 4.57 Å². The molecule has 0 amide bonds. The summed E-state index contributed by atoms with van der Waals surface area (Å²) in [6, 6.07) is 3.92. The minimum atomic E-state index is -0.0184. The van der Waals surface area contributed by atoms with Gasteiger partial charge in [-0.2, -0.15) is 5.10 Å². The van der Waals surface area contributed by atoms with Crippen LogP contribution >= 0.6 is 0 Å². The Balaban J connectivity index is 2.22. The number of rotatable bonds is 3. The van der Waals surface area contributed by atoms with Crippen LogP contribution in [-0.2, 0) is 6.54 Å². The van der Waals surface area contributed by atoms with E-state index in [1.54, 1.807) is 0 Å². The van der Waals surface area contributed by atoms with Crippen molar-refractivity contribution in [1.82, 2.24) is 19.3 Å². The Morgan fingerprint density at radius 1 is 1.35 bits per heavy atom. The number of furan rings is 1. The fourth-order valence-electron chi connectivity index (χ4n) is 2.61. The summed E-state index contributed by atoms with van der Waals surface area (Å²) in [6.45, 7) is 8.77. The smallest absolute Gasteiger partial charge is 0.203 e. The molecule has 0 bridgehead atoms. The molecular formula is C14H19N5O. The molecule has 3 rings (SSSR count). The number of hydrogen-bond donors (Lipinski definition) is 1. The molecule has 6 nitrogen and oxygen atoms in total. The van der Waals surface area contributed by atoms with Gasteiger partial charge in [0.2, 0.25) is 5.95 Å². The third-order valence-electron chi connectivity index (χ3n) is 3.63. The van der Waals surface area contributed by atoms with Crippen molar-refractivity contribution in [2.24, 2.45) is 0 Å². The number of imidazole rings is 1. The van der Waals surface area contributed by atoms with Gasteiger partial charge in [-0.15, -0.1) is 0 Å². The molecule has 3 aromatic heterocycles. The van der Waals surface area contributed by atoms with E-state index in [0.717, 1.165) is 34.9 Å². The number of aryl methyl sites for hydroxylation is 3. The number of fused-ring (bicyclic) bond motifs is 1. The summed E-state index contributed by atoms with van der Waals surface area (Å²) in [5, 5.41) is 4.50. The van der Waals surface area contributed by atoms with Crippen molar-refractivity contribution in [3.63, 3.8) is 0 Å². The van der Waals surface area contributed by atoms with Crippen LogP contribution in [0.1, 0.15) is 37.1 Å². The first-order valence-electron chi connectivity index (χ1n) is 6.80. The van der Waals surface area contributed by atoms with Crippen molar-refractivity contribution < 1.29 is 4.42 Å². The maximum atomic E-state index is 6.10. The van der Waals surface area contributed by atoms with E-state index in [2.05, 4.69) is 23.9 Å². The quantitative estimate of drug-likeness (QED) is 0.796. The van der Waals surface area contributed by atoms with Crippen LogP contribution in [0.4, 0.5) is 5.95 Å². The second-order valence-electron chi connectivity index (χ2n) is 5.04. The van der Waals surface area contributed by atoms with Crippen LogP contribution in [0.3, 0.4) is 0 Å². The fourth-order valence-corrected chi connectivity index (χ4v) is 2.61. The van der Waals surface area contributed by atoms with Crippen LogP contribution in [0.25, 0.3) is 11.2 Å². The van der Waals surface area contributed by atoms with Gasteiger partial charge in [-0.25, -0.2) is 9.67 Å². The van der Waals surface area contributed by atoms with Crippen LogP contribution in [-0.4, -0.2) is 19.3 Å². The summed E-state index contributed by atoms with van der Waals surface area (Å²) >= 11 is 0. The molecule has 0 aliphatic heterocycles. The molecule has 0 saturated heterocycles. The summed E-state index contributed by atoms with van der Waals surface area (Å²) in [5.41, 5.74) is 8.81. The summed E-state index contributed by atoms with van der Waals surface area (Å²) in [4.78, 5) is 4.45. The van der Waals surface area contributed by atoms with E-state index in [4.69, 9.17) is 10.2 Å². The highest BCUT2D eigenvalue weighted by molar-refractivity contribution is 5.78. The van der Waals surface area contributed by atoms with E-state index in [1.807, 2.05) is 35.2 Å². The van der Waals surface area contributed by atoms with Gasteiger partial charge in [0.25, 0.3) is 0 Å². The first-order valence-corrected chi connectivity index (χ1v) is 6.80. The number of nitrogens with zero attached hydrogens (tertiary/aromatic N) is 4. The van der Waals surface area contributed by atoms with E-state index >= 15 is 0 Å². The summed E-state index contributed by atoms with van der Waals surface area (Å²) in [7, 11) is 0. The summed E-state index contributed by atoms with van der Waals surface area (Å²) in [6.07, 6.45) is 0. The molecule has 0 aromatic carbocycles. The van der Waals surface area contributed by atoms with E-state index in [-0.39, 0.29) is 6.04 Å². The Morgan fingerprint density at radius 2 is 2.10 bits per heavy atom. The lowest BCUT2D eigenvalue weighted by Crippen LogP contribution is -2.13. The third-order valence-corrected chi connectivity index (χ3v) is 3.63. The average Bonchev–Trinajstić information content (AvgIpc) is 3.05. The van der Waals surface area contributed by atoms with Crippen molar-refractivity contribution in [3.8, 4) is 0 Å². The molecule has 1 unspecified atom stereocenters. The number of hydrogen-bond acceptors (Lipinski definition) is 4. The molecule has 0 saturated carbocycles. The Hall–Kier alpha value is -2.24. The second kappa shape index (κ2) is 4.40. The zero-order valence-electron chi connectivity index (χ0n) is 12.2. The van der Waals surface area contributed by atoms with Crippen molar-refractivity contribution in [3.05, 3.63) is 29.3 Å². The molecule has 0 fully saturated rings. The lowest BCUT2D eigenvalue weighted by atomic mass is 10.2. The van der Waals surface area contributed by atoms with Crippen LogP contribution in [0.2, 0.25) is 0 Å². The molecule has 1 atom stereocenters. The van der Waals surface area contributed by atoms with Crippen LogP contribution in [0.5, 0.6) is 0 Å². The number of nitrogen functional groups attached to an aromatic ring is 1. The first-order chi connectivity index (χ1) is 9.52. The zero-order chi connectivity index (χ0) is 14.4. The van der Waals surface area contributed by atoms with Gasteiger partial charge in [0.15, 0.2) is 5.65 Å². The normalized spacial score (nSPS) is 13.2. The lowest BCUT2D eigenvalue weighted by Gasteiger charge is -2.14. The van der Waals surface area contributed by atoms with Crippen LogP contribution in [0, 0.1) is 13.8 Å². The molecule has 0 aliphatic rings. The van der Waals surface area contributed by atoms with E-state index < -0.39 is 0 Å². The van der Waals surface area contributed by atoms with Gasteiger partial charge in [-0.05, 0) is 39.8 Å². The van der Waals surface area contributed by atoms with Crippen LogP contribution in [0.15, 0.2) is 16.5 Å². The molecule has 0 spiro atoms. The van der Waals surface area contributed by atoms with Crippen LogP contribution < -0.4 is 5.73 Å². The van der Waals surface area contributed by atoms with Gasteiger partial charge >= 0.3 is 0 Å². The Morgan fingerprint density at radius 3 is 2.70 bits per heavy atom. The van der Waals surface area contributed by atoms with Gasteiger partial charge in [0.05, 0.1) is 11.7 Å². The Kier molecular flexibility index (Phi) is 2.81. The molecule has 2 N–H and O–H groups in total. The molecule has 0 aliphatic carbocycles. The topological polar surface area (TPSA) is 74.8 Å². The highest BCUT2D eigenvalue weighted by Gasteiger charge is 2.22. The lowest BCUT2D eigenvalue weighted by molar-refractivity contribution is 0.432. The standard InChI is InChI=1S/C14H19N5O/c1-5-18-13-12(9(3)17-18)16-14(15)19(13)10(4)11-7-6-8(2)20-11/h6-7,10H,5H2,1-4H3,(H2,15,16). The average molecular weight is 273 g/mol. The first kappa shape index (κ1) is 12.8. The Labute approximate surface area is 117 Å². The predicted molar refractivity (Wildman–Crippen MR) is 77.6 cm³/mol. The van der Waals surface area contributed by atoms with Gasteiger partial charge in [0.1, 0.15) is 17.0 Å². The Bertz CT molecular complexity index is 764. The van der Waals surface area contributed by atoms with Crippen molar-refractivity contribution in [2.45, 2.75) is 40.3 Å². The second-order valence-corrected chi connectivity index (χ2v) is 5.04. The highest BCUT2D eigenvalue weighted by atomic mass is 16.3. The SMILES string of the molecule is CCn1nc(C)c2nc(N)n(C(C)c3ccc(C)o3)c21. The predicted octanol–water partition coefficient (Wildman–Crippen LogP) is 2.65. The van der Waals surface area contributed by atoms with Crippen molar-refractivity contribution in [1.29, 1.82) is 0 Å². The minimum Gasteiger partial charge on any atom is -0.464 e. The maximum absolute atomic E-state index is 6.10. The minimum absolute atomic E-state index is 0.0184. The zero-order valence-corrected chi connectivity index (χ0v) is 12.2. The largest absolute Gasteiger partial charge is 0.464 e. The number of nitrogens with two attached hydrogens (primary N) is 1. The molecule has 20 heavy (non-hydrogen) atoms. The molecule has 106 valence electrons. The number of anilines is 1. The molecular weight excluding hydrogens is 254 g/mol. The molecule has 3 heterocycles. The van der Waals surface area contributed by atoms with Crippen molar-refractivity contribution in [2.75, 3.05) is 5.73 Å². The monoisotopic (exact) mass is 273 g/mol. The van der Waals surface area contributed by atoms with E-state index in [9.17, 15) is 0 Å². The van der Waals surface area contributed by atoms with E-state index in [0.29, 0.717) is 5.95 Å². The summed E-state index contributed by atoms with van der Waals surface area (Å²) < 4.78 is 9.63. The summed E-state index contributed by atoms with van der Waals surface area (Å²) in [5.74, 6) is 2.25. The molecule has 3 aromatic rings.